The van der Waals surface area contributed by atoms with Crippen LogP contribution in [0.4, 0.5) is 26.7 Å². The Labute approximate surface area is 629 Å². The van der Waals surface area contributed by atoms with E-state index in [1.807, 2.05) is 4.90 Å². The zero-order chi connectivity index (χ0) is 79.6. The molecule has 12 N–H and O–H groups in total. The van der Waals surface area contributed by atoms with E-state index in [-0.39, 0.29) is 131 Å². The zero-order valence-electron chi connectivity index (χ0n) is 63.4. The number of carbonyl (C=O) groups excluding carboxylic acids is 9. The number of aliphatic hydroxyl groups excluding tert-OH is 3. The van der Waals surface area contributed by atoms with Gasteiger partial charge in [-0.1, -0.05) is 85.2 Å². The molecule has 5 aromatic rings. The molecule has 0 saturated carbocycles. The number of amides is 9. The van der Waals surface area contributed by atoms with Gasteiger partial charge in [-0.25, -0.2) is 14.6 Å². The summed E-state index contributed by atoms with van der Waals surface area (Å²) in [5.41, 5.74) is 3.67. The number of benzene rings is 4. The van der Waals surface area contributed by atoms with Gasteiger partial charge in [-0.05, 0) is 82.1 Å². The minimum absolute atomic E-state index is 0.00930. The van der Waals surface area contributed by atoms with Crippen LogP contribution in [0.3, 0.4) is 0 Å². The number of fused-ring (bicyclic) bond motifs is 2. The van der Waals surface area contributed by atoms with E-state index in [2.05, 4.69) is 31.9 Å². The van der Waals surface area contributed by atoms with Crippen molar-refractivity contribution in [1.29, 1.82) is 0 Å². The molecule has 9 rings (SSSR count). The summed E-state index contributed by atoms with van der Waals surface area (Å²) < 4.78 is 36.3. The summed E-state index contributed by atoms with van der Waals surface area (Å²) in [6.07, 6.45) is 5.38. The molecule has 31 nitrogen and oxygen atoms in total. The van der Waals surface area contributed by atoms with E-state index in [0.29, 0.717) is 62.1 Å². The van der Waals surface area contributed by atoms with E-state index < -0.39 is 135 Å². The van der Waals surface area contributed by atoms with E-state index in [9.17, 15) is 68.4 Å². The van der Waals surface area contributed by atoms with E-state index in [1.54, 1.807) is 84.9 Å². The fourth-order valence-corrected chi connectivity index (χ4v) is 14.3. The number of imide groups is 1. The molecule has 2 fully saturated rings. The van der Waals surface area contributed by atoms with Crippen molar-refractivity contribution in [3.05, 3.63) is 109 Å². The van der Waals surface area contributed by atoms with Gasteiger partial charge in [0, 0.05) is 136 Å². The maximum absolute atomic E-state index is 15.2. The average molecular weight is 1510 g/mol. The highest BCUT2D eigenvalue weighted by atomic mass is 16.7. The first kappa shape index (κ1) is 82.4. The summed E-state index contributed by atoms with van der Waals surface area (Å²) in [5.74, 6) is -10.3. The lowest BCUT2D eigenvalue weighted by Gasteiger charge is -2.38. The Morgan fingerprint density at radius 2 is 1.56 bits per heavy atom. The third kappa shape index (κ3) is 19.1. The van der Waals surface area contributed by atoms with Crippen molar-refractivity contribution in [1.82, 2.24) is 31.2 Å². The van der Waals surface area contributed by atoms with E-state index >= 15 is 4.79 Å². The number of nitrogens with zero attached hydrogens (tertiary/aromatic N) is 3. The number of rotatable bonds is 22. The molecular formula is C78H100N10O21. The Bertz CT molecular complexity index is 4590. The topological polar surface area (TPSA) is 446 Å². The van der Waals surface area contributed by atoms with Gasteiger partial charge in [-0.2, -0.15) is 0 Å². The van der Waals surface area contributed by atoms with Crippen LogP contribution in [0.25, 0.3) is 38.7 Å². The summed E-state index contributed by atoms with van der Waals surface area (Å²) in [5, 5.41) is 63.3. The number of phenolic OH excluding ortho intramolecular Hbond substituents is 1. The second-order valence-electron chi connectivity index (χ2n) is 29.3. The molecule has 0 aliphatic carbocycles. The smallest absolute Gasteiger partial charge is 0.407 e. The quantitative estimate of drug-likeness (QED) is 0.0117. The standard InChI is InChI=1S/C78H100N10O21/c1-38(2)60(84-55(91)21-14-13-15-30-88-56(92)34-41(5)75(88)101)74(100)83-51(20-17-29-80-76(79)102)73(99)81-48-24-22-47(23-25-48)37-105-77(103)82-49-26-31-87(32-27-49)50-35-52(90)61-54(36-50)108-70-62(85-61)57-58-66(95)45(9)69-59(57)71(97)78(11,109-69)106-33-28-53(104-12)42(6)68(107-46(10)89)44(8)65(94)43(7)64(93)39(3)18-16-19-40(4)72(98)86-63(70)67(58)96/h16,18-19,22-25,28,33,35-36,38-39,41-44,49,51,53,60,64-65,68,93-95,97H,13-15,17,20-21,26-27,29-32,34,37H2,1-12H3,(H,81,99)(H,82,103)(H,83,100)(H,84,91)(H,86,98)(H3,79,80,102)/b18-16+,33-28+,40-19-/t39-,41?,42+,43+,44+,51-,53-,60-,64-,65+,68+,78-/m0/s1. The lowest BCUT2D eigenvalue weighted by Crippen LogP contribution is -2.54. The lowest BCUT2D eigenvalue weighted by atomic mass is 9.78. The van der Waals surface area contributed by atoms with Crippen molar-refractivity contribution < 1.29 is 91.7 Å². The summed E-state index contributed by atoms with van der Waals surface area (Å²) in [6, 6.07) is 6.11. The molecule has 9 amide bonds. The Kier molecular flexibility index (Phi) is 26.9. The van der Waals surface area contributed by atoms with Crippen LogP contribution in [0.2, 0.25) is 0 Å². The highest BCUT2D eigenvalue weighted by Gasteiger charge is 2.45. The molecule has 0 spiro atoms. The number of carbonyl (C=O) groups is 9. The predicted molar refractivity (Wildman–Crippen MR) is 403 cm³/mol. The van der Waals surface area contributed by atoms with Crippen LogP contribution in [0, 0.1) is 42.4 Å². The van der Waals surface area contributed by atoms with Crippen LogP contribution in [0.15, 0.2) is 86.5 Å². The fraction of sp³-hybridized carbons (Fsp3) is 0.513. The normalized spacial score (nSPS) is 24.5. The number of allylic oxidation sites excluding steroid dienone is 2. The number of unbranched alkanes of at least 4 members (excludes halogenated alkanes) is 2. The number of methoxy groups -OCH3 is 1. The second-order valence-corrected chi connectivity index (χ2v) is 29.3. The SMILES string of the molecule is CO[C@H]1/C=C/O[C@@]2(C)Oc3c(C)c(O)c4c(=O)c(c5oc6cc(N7CCC(NC(=O)OCc8ccc(NC(=O)[C@H](CCCNC(N)=O)NC(=O)[C@@H](NC(=O)CCCCCN9C(=O)CC(C)C9=O)C(C)C)cc8)CC7)cc(=O)c6nc5c4c3=C2O)NC(=O)/C(C)=C\C=C\[C@H](C)[C@H](O)[C@@H](C)[C@@H](O)[C@@H](C)[C@H](OC(C)=O)[C@@H]1C. The minimum atomic E-state index is -2.07. The molecule has 0 radical (unpaired) electrons. The largest absolute Gasteiger partial charge is 0.507 e. The molecule has 31 heteroatoms. The van der Waals surface area contributed by atoms with Crippen LogP contribution >= 0.6 is 0 Å². The Morgan fingerprint density at radius 3 is 2.21 bits per heavy atom. The number of urea groups is 1. The fourth-order valence-electron chi connectivity index (χ4n) is 14.3. The number of aliphatic hydroxyl groups is 3. The first-order chi connectivity index (χ1) is 51.6. The van der Waals surface area contributed by atoms with Gasteiger partial charge >= 0.3 is 23.9 Å². The van der Waals surface area contributed by atoms with Crippen molar-refractivity contribution in [2.75, 3.05) is 48.8 Å². The Hall–Kier alpha value is -10.7. The lowest BCUT2D eigenvalue weighted by molar-refractivity contribution is -0.160. The summed E-state index contributed by atoms with van der Waals surface area (Å²) in [7, 11) is 1.42. The molecule has 4 aromatic carbocycles. The number of hydrogen-bond donors (Lipinski definition) is 11. The van der Waals surface area contributed by atoms with Crippen LogP contribution in [0.1, 0.15) is 138 Å². The maximum Gasteiger partial charge on any atom is 0.407 e. The van der Waals surface area contributed by atoms with Crippen molar-refractivity contribution >= 4 is 109 Å². The number of nitrogens with two attached hydrogens (primary N) is 1. The highest BCUT2D eigenvalue weighted by molar-refractivity contribution is 6.17. The molecular weight excluding hydrogens is 1410 g/mol. The van der Waals surface area contributed by atoms with Gasteiger partial charge in [-0.3, -0.25) is 48.1 Å². The number of ether oxygens (including phenoxy) is 5. The summed E-state index contributed by atoms with van der Waals surface area (Å²) in [6.45, 7) is 18.4. The third-order valence-corrected chi connectivity index (χ3v) is 20.8. The molecule has 588 valence electrons. The molecule has 4 aliphatic rings. The van der Waals surface area contributed by atoms with Gasteiger partial charge < -0.3 is 91.1 Å². The average Bonchev–Trinajstić information content (AvgIpc) is 1.65. The minimum Gasteiger partial charge on any atom is -0.507 e. The van der Waals surface area contributed by atoms with Crippen molar-refractivity contribution in [3.8, 4) is 11.5 Å². The molecule has 1 unspecified atom stereocenters. The number of primary amides is 1. The van der Waals surface area contributed by atoms with Crippen LogP contribution in [0.5, 0.6) is 11.5 Å². The third-order valence-electron chi connectivity index (χ3n) is 20.8. The number of hydrogen-bond acceptors (Lipinski definition) is 23. The molecule has 2 saturated heterocycles. The zero-order valence-corrected chi connectivity index (χ0v) is 63.4. The number of aromatic nitrogens is 1. The number of likely N-dealkylation sites (tertiary alicyclic amines) is 1. The van der Waals surface area contributed by atoms with Crippen molar-refractivity contribution in [3.63, 3.8) is 0 Å². The van der Waals surface area contributed by atoms with Gasteiger partial charge in [0.1, 0.15) is 47.5 Å². The number of aromatic hydroxyl groups is 1. The van der Waals surface area contributed by atoms with Gasteiger partial charge in [0.2, 0.25) is 40.4 Å². The van der Waals surface area contributed by atoms with Gasteiger partial charge in [-0.15, -0.1) is 0 Å². The van der Waals surface area contributed by atoms with Gasteiger partial charge in [0.15, 0.2) is 22.4 Å². The number of nitrogens with one attached hydrogen (secondary N) is 6. The van der Waals surface area contributed by atoms with Gasteiger partial charge in [0.25, 0.3) is 5.91 Å². The number of anilines is 3. The second kappa shape index (κ2) is 35.6. The van der Waals surface area contributed by atoms with Crippen molar-refractivity contribution in [2.45, 2.75) is 189 Å². The highest BCUT2D eigenvalue weighted by Crippen LogP contribution is 2.43. The molecule has 12 atom stereocenters. The molecule has 109 heavy (non-hydrogen) atoms. The van der Waals surface area contributed by atoms with Crippen LogP contribution in [-0.4, -0.2) is 165 Å². The number of phenols is 1. The Balaban J connectivity index is 0.886. The van der Waals surface area contributed by atoms with Crippen molar-refractivity contribution in [2.24, 2.45) is 41.2 Å². The van der Waals surface area contributed by atoms with E-state index in [1.165, 1.54) is 70.3 Å². The predicted octanol–water partition coefficient (Wildman–Crippen LogP) is 6.42. The molecule has 1 aromatic heterocycles. The molecule has 4 aliphatic heterocycles. The van der Waals surface area contributed by atoms with Crippen LogP contribution in [-0.2, 0) is 59.1 Å². The monoisotopic (exact) mass is 1510 g/mol. The van der Waals surface area contributed by atoms with Gasteiger partial charge in [0.05, 0.1) is 35.2 Å². The number of esters is 1. The van der Waals surface area contributed by atoms with E-state index in [4.69, 9.17) is 38.8 Å². The Morgan fingerprint density at radius 1 is 0.853 bits per heavy atom. The summed E-state index contributed by atoms with van der Waals surface area (Å²) >= 11 is 0. The number of piperidine rings is 1. The molecule has 4 bridgehead atoms. The number of alkyl carbamates (subject to hydrolysis) is 1. The first-order valence-electron chi connectivity index (χ1n) is 36.8. The summed E-state index contributed by atoms with van der Waals surface area (Å²) in [4.78, 5) is 154. The van der Waals surface area contributed by atoms with Crippen LogP contribution < -0.4 is 63.3 Å². The maximum atomic E-state index is 15.2. The molecule has 5 heterocycles. The first-order valence-corrected chi connectivity index (χ1v) is 36.8. The van der Waals surface area contributed by atoms with E-state index in [0.717, 1.165) is 0 Å².